The van der Waals surface area contributed by atoms with Crippen molar-refractivity contribution in [3.63, 3.8) is 0 Å². The second-order valence-electron chi connectivity index (χ2n) is 7.07. The smallest absolute Gasteiger partial charge is 0.243 e. The largest absolute Gasteiger partial charge is 0.496 e. The van der Waals surface area contributed by atoms with Crippen LogP contribution < -0.4 is 4.74 Å². The first kappa shape index (κ1) is 19.9. The lowest BCUT2D eigenvalue weighted by Gasteiger charge is -2.34. The Hall–Kier alpha value is -1.90. The molecular weight excluding hydrogens is 366 g/mol. The van der Waals surface area contributed by atoms with E-state index in [1.807, 2.05) is 27.7 Å². The summed E-state index contributed by atoms with van der Waals surface area (Å²) in [6, 6.07) is 3.50. The van der Waals surface area contributed by atoms with Gasteiger partial charge >= 0.3 is 0 Å². The third-order valence-corrected chi connectivity index (χ3v) is 7.25. The molecule has 8 heteroatoms. The van der Waals surface area contributed by atoms with Crippen LogP contribution >= 0.6 is 0 Å². The fraction of sp³-hybridized carbons (Fsp3) is 0.526. The normalized spacial score (nSPS) is 16.6. The molecule has 0 bridgehead atoms. The van der Waals surface area contributed by atoms with Gasteiger partial charge in [0.2, 0.25) is 10.0 Å². The Kier molecular flexibility index (Phi) is 5.60. The van der Waals surface area contributed by atoms with E-state index >= 15 is 0 Å². The lowest BCUT2D eigenvalue weighted by atomic mass is 10.1. The first-order valence-electron chi connectivity index (χ1n) is 9.03. The van der Waals surface area contributed by atoms with E-state index < -0.39 is 10.0 Å². The third kappa shape index (κ3) is 3.88. The summed E-state index contributed by atoms with van der Waals surface area (Å²) >= 11 is 0. The molecule has 1 aromatic heterocycles. The van der Waals surface area contributed by atoms with Crippen molar-refractivity contribution >= 4 is 10.0 Å². The zero-order chi connectivity index (χ0) is 19.8. The van der Waals surface area contributed by atoms with Crippen molar-refractivity contribution < 1.29 is 17.7 Å². The number of nitrogens with zero attached hydrogens (tertiary/aromatic N) is 3. The minimum atomic E-state index is -3.52. The summed E-state index contributed by atoms with van der Waals surface area (Å²) in [5.74, 6) is 1.53. The van der Waals surface area contributed by atoms with Crippen LogP contribution in [0.25, 0.3) is 0 Å². The van der Waals surface area contributed by atoms with E-state index in [4.69, 9.17) is 9.26 Å². The first-order chi connectivity index (χ1) is 12.7. The lowest BCUT2D eigenvalue weighted by Crippen LogP contribution is -2.48. The van der Waals surface area contributed by atoms with Crippen molar-refractivity contribution in [2.45, 2.75) is 39.1 Å². The number of hydrogen-bond acceptors (Lipinski definition) is 6. The molecule has 2 aromatic rings. The van der Waals surface area contributed by atoms with Crippen molar-refractivity contribution in [2.75, 3.05) is 33.3 Å². The Morgan fingerprint density at radius 1 is 1.07 bits per heavy atom. The number of hydrogen-bond donors (Lipinski definition) is 0. The SMILES string of the molecule is COc1cc(C)c(S(=O)(=O)N2CCN(Cc3c(C)noc3C)CC2)cc1C. The number of aryl methyl sites for hydroxylation is 4. The Bertz CT molecular complexity index is 909. The zero-order valence-electron chi connectivity index (χ0n) is 16.6. The number of aromatic nitrogens is 1. The fourth-order valence-electron chi connectivity index (χ4n) is 3.48. The number of piperazine rings is 1. The van der Waals surface area contributed by atoms with Gasteiger partial charge in [-0.1, -0.05) is 5.16 Å². The monoisotopic (exact) mass is 393 g/mol. The minimum absolute atomic E-state index is 0.361. The molecule has 0 saturated carbocycles. The average Bonchev–Trinajstić information content (AvgIpc) is 2.95. The van der Waals surface area contributed by atoms with Gasteiger partial charge in [-0.3, -0.25) is 4.90 Å². The molecule has 0 atom stereocenters. The third-order valence-electron chi connectivity index (χ3n) is 5.20. The van der Waals surface area contributed by atoms with Crippen molar-refractivity contribution in [1.82, 2.24) is 14.4 Å². The molecule has 0 spiro atoms. The second-order valence-corrected chi connectivity index (χ2v) is 8.98. The van der Waals surface area contributed by atoms with E-state index in [1.54, 1.807) is 23.5 Å². The van der Waals surface area contributed by atoms with E-state index in [0.717, 1.165) is 29.1 Å². The summed E-state index contributed by atoms with van der Waals surface area (Å²) in [6.07, 6.45) is 0. The molecule has 27 heavy (non-hydrogen) atoms. The van der Waals surface area contributed by atoms with Crippen molar-refractivity contribution in [3.8, 4) is 5.75 Å². The summed E-state index contributed by atoms with van der Waals surface area (Å²) in [5.41, 5.74) is 3.51. The van der Waals surface area contributed by atoms with Gasteiger partial charge in [0.25, 0.3) is 0 Å². The molecule has 3 rings (SSSR count). The van der Waals surface area contributed by atoms with Crippen LogP contribution in [0.1, 0.15) is 28.1 Å². The van der Waals surface area contributed by atoms with Crippen LogP contribution in [0, 0.1) is 27.7 Å². The van der Waals surface area contributed by atoms with Gasteiger partial charge in [-0.25, -0.2) is 8.42 Å². The summed E-state index contributed by atoms with van der Waals surface area (Å²) in [4.78, 5) is 2.60. The predicted octanol–water partition coefficient (Wildman–Crippen LogP) is 2.42. The summed E-state index contributed by atoms with van der Waals surface area (Å²) in [6.45, 7) is 10.5. The van der Waals surface area contributed by atoms with E-state index in [1.165, 1.54) is 0 Å². The summed E-state index contributed by atoms with van der Waals surface area (Å²) in [7, 11) is -1.93. The van der Waals surface area contributed by atoms with Crippen molar-refractivity contribution in [2.24, 2.45) is 0 Å². The molecule has 0 N–H and O–H groups in total. The second kappa shape index (κ2) is 7.61. The first-order valence-corrected chi connectivity index (χ1v) is 10.5. The van der Waals surface area contributed by atoms with Gasteiger partial charge in [0.05, 0.1) is 17.7 Å². The maximum absolute atomic E-state index is 13.1. The van der Waals surface area contributed by atoms with Gasteiger partial charge < -0.3 is 9.26 Å². The number of methoxy groups -OCH3 is 1. The van der Waals surface area contributed by atoms with Crippen LogP contribution in [0.3, 0.4) is 0 Å². The standard InChI is InChI=1S/C19H27N3O4S/c1-13-11-19(14(2)10-18(13)25-5)27(23,24)22-8-6-21(7-9-22)12-17-15(3)20-26-16(17)4/h10-11H,6-9,12H2,1-5H3. The van der Waals surface area contributed by atoms with E-state index in [2.05, 4.69) is 10.1 Å². The maximum Gasteiger partial charge on any atom is 0.243 e. The van der Waals surface area contributed by atoms with E-state index in [-0.39, 0.29) is 0 Å². The molecule has 2 heterocycles. The van der Waals surface area contributed by atoms with Crippen LogP contribution in [-0.2, 0) is 16.6 Å². The topological polar surface area (TPSA) is 75.9 Å². The molecule has 0 unspecified atom stereocenters. The molecule has 1 aromatic carbocycles. The van der Waals surface area contributed by atoms with Gasteiger partial charge in [-0.15, -0.1) is 0 Å². The molecule has 1 fully saturated rings. The Labute approximate surface area is 160 Å². The predicted molar refractivity (Wildman–Crippen MR) is 102 cm³/mol. The number of benzene rings is 1. The van der Waals surface area contributed by atoms with Crippen LogP contribution in [0.5, 0.6) is 5.75 Å². The average molecular weight is 394 g/mol. The Morgan fingerprint density at radius 2 is 1.74 bits per heavy atom. The molecule has 148 valence electrons. The van der Waals surface area contributed by atoms with Crippen LogP contribution in [0.2, 0.25) is 0 Å². The quantitative estimate of drug-likeness (QED) is 0.777. The number of ether oxygens (including phenoxy) is 1. The van der Waals surface area contributed by atoms with Crippen LogP contribution in [0.4, 0.5) is 0 Å². The molecule has 1 saturated heterocycles. The minimum Gasteiger partial charge on any atom is -0.496 e. The number of rotatable bonds is 5. The number of sulfonamides is 1. The highest BCUT2D eigenvalue weighted by molar-refractivity contribution is 7.89. The maximum atomic E-state index is 13.1. The van der Waals surface area contributed by atoms with Gasteiger partial charge in [-0.05, 0) is 51.0 Å². The van der Waals surface area contributed by atoms with E-state index in [9.17, 15) is 8.42 Å². The van der Waals surface area contributed by atoms with Crippen molar-refractivity contribution in [3.05, 3.63) is 40.3 Å². The lowest BCUT2D eigenvalue weighted by molar-refractivity contribution is 0.180. The molecule has 1 aliphatic heterocycles. The highest BCUT2D eigenvalue weighted by Gasteiger charge is 2.30. The van der Waals surface area contributed by atoms with Crippen molar-refractivity contribution in [1.29, 1.82) is 0 Å². The molecular formula is C19H27N3O4S. The summed E-state index contributed by atoms with van der Waals surface area (Å²) in [5, 5.41) is 3.99. The molecule has 0 radical (unpaired) electrons. The Balaban J connectivity index is 1.73. The Morgan fingerprint density at radius 3 is 2.30 bits per heavy atom. The van der Waals surface area contributed by atoms with Gasteiger partial charge in [-0.2, -0.15) is 4.31 Å². The fourth-order valence-corrected chi connectivity index (χ4v) is 5.19. The molecule has 7 nitrogen and oxygen atoms in total. The molecule has 0 aliphatic carbocycles. The van der Waals surface area contributed by atoms with Gasteiger partial charge in [0, 0.05) is 38.3 Å². The molecule has 1 aliphatic rings. The highest BCUT2D eigenvalue weighted by Crippen LogP contribution is 2.28. The van der Waals surface area contributed by atoms with E-state index in [0.29, 0.717) is 42.4 Å². The van der Waals surface area contributed by atoms with Gasteiger partial charge in [0.15, 0.2) is 0 Å². The zero-order valence-corrected chi connectivity index (χ0v) is 17.4. The van der Waals surface area contributed by atoms with Crippen LogP contribution in [0.15, 0.2) is 21.6 Å². The molecule has 0 amide bonds. The summed E-state index contributed by atoms with van der Waals surface area (Å²) < 4.78 is 38.4. The highest BCUT2D eigenvalue weighted by atomic mass is 32.2. The van der Waals surface area contributed by atoms with Gasteiger partial charge in [0.1, 0.15) is 11.5 Å². The van der Waals surface area contributed by atoms with Crippen LogP contribution in [-0.4, -0.2) is 56.1 Å².